The number of rotatable bonds is 0. The third kappa shape index (κ3) is 1.61. The highest BCUT2D eigenvalue weighted by molar-refractivity contribution is 5.11. The number of aliphatic hydroxyl groups is 1. The third-order valence-electron chi connectivity index (χ3n) is 6.66. The first-order chi connectivity index (χ1) is 8.07. The van der Waals surface area contributed by atoms with Crippen molar-refractivity contribution in [3.05, 3.63) is 0 Å². The van der Waals surface area contributed by atoms with E-state index in [9.17, 15) is 5.11 Å². The molecule has 0 aliphatic heterocycles. The predicted octanol–water partition coefficient (Wildman–Crippen LogP) is 4.14. The summed E-state index contributed by atoms with van der Waals surface area (Å²) in [4.78, 5) is 0. The smallest absolute Gasteiger partial charge is 0.0599 e. The molecule has 4 fully saturated rings. The quantitative estimate of drug-likeness (QED) is 0.670. The maximum absolute atomic E-state index is 10.7. The van der Waals surface area contributed by atoms with Crippen molar-refractivity contribution in [1.82, 2.24) is 0 Å². The second-order valence-electron chi connectivity index (χ2n) is 7.55. The van der Waals surface area contributed by atoms with Crippen LogP contribution < -0.4 is 0 Å². The van der Waals surface area contributed by atoms with Crippen LogP contribution in [0, 0.1) is 22.7 Å². The Bertz CT molecular complexity index is 294. The molecule has 1 spiro atoms. The van der Waals surface area contributed by atoms with E-state index in [4.69, 9.17) is 0 Å². The summed E-state index contributed by atoms with van der Waals surface area (Å²) >= 11 is 0. The molecule has 0 aromatic rings. The van der Waals surface area contributed by atoms with E-state index in [0.717, 1.165) is 18.3 Å². The lowest BCUT2D eigenvalue weighted by molar-refractivity contribution is -0.203. The van der Waals surface area contributed by atoms with E-state index in [2.05, 4.69) is 13.8 Å². The summed E-state index contributed by atoms with van der Waals surface area (Å²) in [6.07, 6.45) is 11.8. The van der Waals surface area contributed by atoms with Gasteiger partial charge in [0.05, 0.1) is 6.10 Å². The topological polar surface area (TPSA) is 20.2 Å². The van der Waals surface area contributed by atoms with Crippen molar-refractivity contribution in [3.8, 4) is 0 Å². The van der Waals surface area contributed by atoms with Crippen LogP contribution in [-0.2, 0) is 0 Å². The zero-order chi connectivity index (χ0) is 12.1. The molecule has 17 heavy (non-hydrogen) atoms. The van der Waals surface area contributed by atoms with Crippen molar-refractivity contribution < 1.29 is 5.11 Å². The lowest BCUT2D eigenvalue weighted by atomic mass is 9.38. The summed E-state index contributed by atoms with van der Waals surface area (Å²) < 4.78 is 0. The number of hydrogen-bond acceptors (Lipinski definition) is 1. The number of hydrogen-bond donors (Lipinski definition) is 1. The lowest BCUT2D eigenvalue weighted by Crippen LogP contribution is -2.61. The fraction of sp³-hybridized carbons (Fsp3) is 1.00. The van der Waals surface area contributed by atoms with Gasteiger partial charge in [0.25, 0.3) is 0 Å². The molecule has 4 unspecified atom stereocenters. The molecule has 4 aliphatic rings. The Hall–Kier alpha value is -0.0400. The first-order valence-electron chi connectivity index (χ1n) is 7.75. The Morgan fingerprint density at radius 3 is 2.41 bits per heavy atom. The summed E-state index contributed by atoms with van der Waals surface area (Å²) in [7, 11) is 0. The molecule has 98 valence electrons. The molecule has 2 bridgehead atoms. The minimum atomic E-state index is -0.00618. The monoisotopic (exact) mass is 236 g/mol. The van der Waals surface area contributed by atoms with E-state index in [1.165, 1.54) is 51.4 Å². The molecule has 4 aliphatic carbocycles. The zero-order valence-corrected chi connectivity index (χ0v) is 11.5. The van der Waals surface area contributed by atoms with E-state index in [1.54, 1.807) is 0 Å². The third-order valence-corrected chi connectivity index (χ3v) is 6.66. The van der Waals surface area contributed by atoms with Gasteiger partial charge in [-0.2, -0.15) is 0 Å². The molecule has 0 aromatic carbocycles. The molecule has 1 heteroatoms. The van der Waals surface area contributed by atoms with Crippen LogP contribution in [0.5, 0.6) is 0 Å². The van der Waals surface area contributed by atoms with E-state index in [-0.39, 0.29) is 6.10 Å². The van der Waals surface area contributed by atoms with Crippen LogP contribution >= 0.6 is 0 Å². The molecule has 0 heterocycles. The lowest BCUT2D eigenvalue weighted by Gasteiger charge is -2.67. The second-order valence-corrected chi connectivity index (χ2v) is 7.55. The van der Waals surface area contributed by atoms with Gasteiger partial charge < -0.3 is 5.11 Å². The van der Waals surface area contributed by atoms with Gasteiger partial charge in [-0.1, -0.05) is 39.5 Å². The predicted molar refractivity (Wildman–Crippen MR) is 70.8 cm³/mol. The molecule has 1 N–H and O–H groups in total. The molecule has 0 radical (unpaired) electrons. The van der Waals surface area contributed by atoms with Gasteiger partial charge in [0.15, 0.2) is 0 Å². The molecule has 4 rings (SSSR count). The minimum absolute atomic E-state index is 0.00618. The summed E-state index contributed by atoms with van der Waals surface area (Å²) in [5.74, 6) is 1.76. The van der Waals surface area contributed by atoms with Gasteiger partial charge in [0, 0.05) is 0 Å². The van der Waals surface area contributed by atoms with Crippen molar-refractivity contribution in [3.63, 3.8) is 0 Å². The Labute approximate surface area is 106 Å². The Kier molecular flexibility index (Phi) is 2.81. The average Bonchev–Trinajstić information content (AvgIpc) is 2.31. The van der Waals surface area contributed by atoms with Gasteiger partial charge in [-0.3, -0.25) is 0 Å². The molecular weight excluding hydrogens is 208 g/mol. The van der Waals surface area contributed by atoms with Crippen molar-refractivity contribution in [2.75, 3.05) is 0 Å². The van der Waals surface area contributed by atoms with Gasteiger partial charge in [0.2, 0.25) is 0 Å². The highest BCUT2D eigenvalue weighted by Gasteiger charge is 2.62. The second kappa shape index (κ2) is 3.98. The minimum Gasteiger partial charge on any atom is -0.393 e. The zero-order valence-electron chi connectivity index (χ0n) is 11.5. The fourth-order valence-electron chi connectivity index (χ4n) is 5.40. The first-order valence-corrected chi connectivity index (χ1v) is 7.75. The van der Waals surface area contributed by atoms with Gasteiger partial charge in [-0.25, -0.2) is 0 Å². The fourth-order valence-corrected chi connectivity index (χ4v) is 5.40. The highest BCUT2D eigenvalue weighted by Crippen LogP contribution is 2.68. The van der Waals surface area contributed by atoms with Crippen LogP contribution in [0.1, 0.15) is 71.6 Å². The summed E-state index contributed by atoms with van der Waals surface area (Å²) in [5, 5.41) is 10.7. The normalized spacial score (nSPS) is 49.2. The first kappa shape index (κ1) is 12.0. The number of aliphatic hydroxyl groups excluding tert-OH is 1. The van der Waals surface area contributed by atoms with Crippen LogP contribution in [0.3, 0.4) is 0 Å². The van der Waals surface area contributed by atoms with E-state index < -0.39 is 0 Å². The standard InChI is InChI=1S/C16H28O/c1-15(2)12-8-10-16(13(15)11-12)9-6-4-3-5-7-14(16)17/h12-14,17H,3-11H2,1-2H3. The molecule has 0 amide bonds. The largest absolute Gasteiger partial charge is 0.393 e. The molecule has 1 nitrogen and oxygen atoms in total. The number of fused-ring (bicyclic) bond motifs is 1. The SMILES string of the molecule is CC1(C)C2CCC3(CCCCCCC3O)C1C2. The van der Waals surface area contributed by atoms with Crippen LogP contribution in [0.4, 0.5) is 0 Å². The van der Waals surface area contributed by atoms with Crippen molar-refractivity contribution in [2.24, 2.45) is 22.7 Å². The van der Waals surface area contributed by atoms with Crippen LogP contribution in [0.25, 0.3) is 0 Å². The van der Waals surface area contributed by atoms with Gasteiger partial charge in [-0.15, -0.1) is 0 Å². The highest BCUT2D eigenvalue weighted by atomic mass is 16.3. The van der Waals surface area contributed by atoms with Crippen LogP contribution in [0.2, 0.25) is 0 Å². The molecule has 0 aromatic heterocycles. The molecular formula is C16H28O. The summed E-state index contributed by atoms with van der Waals surface area (Å²) in [6, 6.07) is 0. The van der Waals surface area contributed by atoms with Crippen LogP contribution in [-0.4, -0.2) is 11.2 Å². The maximum atomic E-state index is 10.7. The van der Waals surface area contributed by atoms with Crippen molar-refractivity contribution in [2.45, 2.75) is 77.7 Å². The average molecular weight is 236 g/mol. The van der Waals surface area contributed by atoms with Gasteiger partial charge in [0.1, 0.15) is 0 Å². The molecule has 4 saturated carbocycles. The van der Waals surface area contributed by atoms with Crippen molar-refractivity contribution >= 4 is 0 Å². The van der Waals surface area contributed by atoms with E-state index in [0.29, 0.717) is 10.8 Å². The van der Waals surface area contributed by atoms with E-state index >= 15 is 0 Å². The van der Waals surface area contributed by atoms with Gasteiger partial charge in [-0.05, 0) is 54.8 Å². The molecule has 4 atom stereocenters. The summed E-state index contributed by atoms with van der Waals surface area (Å²) in [5.41, 5.74) is 0.817. The van der Waals surface area contributed by atoms with Crippen molar-refractivity contribution in [1.29, 1.82) is 0 Å². The Morgan fingerprint density at radius 2 is 1.71 bits per heavy atom. The van der Waals surface area contributed by atoms with E-state index in [1.807, 2.05) is 0 Å². The Morgan fingerprint density at radius 1 is 0.941 bits per heavy atom. The maximum Gasteiger partial charge on any atom is 0.0599 e. The molecule has 0 saturated heterocycles. The van der Waals surface area contributed by atoms with Crippen LogP contribution in [0.15, 0.2) is 0 Å². The Balaban J connectivity index is 1.86. The van der Waals surface area contributed by atoms with Gasteiger partial charge >= 0.3 is 0 Å². The summed E-state index contributed by atoms with van der Waals surface area (Å²) in [6.45, 7) is 4.91.